The Balaban J connectivity index is 2.38. The van der Waals surface area contributed by atoms with E-state index in [1.54, 1.807) is 12.0 Å². The van der Waals surface area contributed by atoms with E-state index in [2.05, 4.69) is 24.7 Å². The zero-order valence-electron chi connectivity index (χ0n) is 10.2. The third-order valence-corrected chi connectivity index (χ3v) is 4.19. The molecule has 5 heteroatoms. The fourth-order valence-corrected chi connectivity index (χ4v) is 2.69. The zero-order chi connectivity index (χ0) is 12.0. The maximum absolute atomic E-state index is 11.5. The molecule has 0 radical (unpaired) electrons. The zero-order valence-corrected chi connectivity index (χ0v) is 11.2. The first-order valence-corrected chi connectivity index (χ1v) is 8.73. The van der Waals surface area contributed by atoms with Crippen molar-refractivity contribution < 1.29 is 14.3 Å². The van der Waals surface area contributed by atoms with Crippen molar-refractivity contribution in [3.05, 3.63) is 0 Å². The minimum atomic E-state index is -1.69. The summed E-state index contributed by atoms with van der Waals surface area (Å²) in [5.74, 6) is 0. The molecule has 1 rings (SSSR count). The highest BCUT2D eigenvalue weighted by molar-refractivity contribution is 6.85. The van der Waals surface area contributed by atoms with Gasteiger partial charge in [-0.1, -0.05) is 18.6 Å². The summed E-state index contributed by atoms with van der Waals surface area (Å²) in [6.07, 6.45) is 4.99. The summed E-state index contributed by atoms with van der Waals surface area (Å²) < 4.78 is 9.99. The first-order chi connectivity index (χ1) is 7.55. The molecule has 0 saturated carbocycles. The number of rotatable bonds is 2. The quantitative estimate of drug-likeness (QED) is 0.544. The van der Waals surface area contributed by atoms with E-state index in [0.717, 1.165) is 25.9 Å². The molecule has 1 amide bonds. The van der Waals surface area contributed by atoms with Crippen LogP contribution < -0.4 is 0 Å². The Labute approximate surface area is 97.9 Å². The maximum atomic E-state index is 11.5. The summed E-state index contributed by atoms with van der Waals surface area (Å²) in [6.45, 7) is 5.74. The van der Waals surface area contributed by atoms with Crippen LogP contribution in [0, 0.1) is 11.7 Å². The molecule has 0 aromatic carbocycles. The molecule has 0 N–H and O–H groups in total. The number of hydrogen-bond donors (Lipinski definition) is 0. The number of hydrogen-bond acceptors (Lipinski definition) is 3. The van der Waals surface area contributed by atoms with Gasteiger partial charge in [-0.15, -0.1) is 0 Å². The van der Waals surface area contributed by atoms with Crippen LogP contribution in [0.2, 0.25) is 13.1 Å². The van der Waals surface area contributed by atoms with Crippen molar-refractivity contribution in [3.8, 4) is 11.7 Å². The van der Waals surface area contributed by atoms with E-state index in [1.165, 1.54) is 0 Å². The molecule has 0 bridgehead atoms. The molecule has 90 valence electrons. The Morgan fingerprint density at radius 2 is 2.00 bits per heavy atom. The predicted molar refractivity (Wildman–Crippen MR) is 64.4 cm³/mol. The molecule has 1 heterocycles. The molecule has 1 aliphatic rings. The van der Waals surface area contributed by atoms with Gasteiger partial charge in [0, 0.05) is 20.2 Å². The van der Waals surface area contributed by atoms with Crippen LogP contribution in [0.15, 0.2) is 0 Å². The summed E-state index contributed by atoms with van der Waals surface area (Å²) in [7, 11) is -0.0294. The molecule has 0 aromatic heterocycles. The fourth-order valence-electron chi connectivity index (χ4n) is 1.57. The Bertz CT molecular complexity index is 300. The lowest BCUT2D eigenvalue weighted by Gasteiger charge is -2.13. The standard InChI is InChI=1S/C11H19NO3Si/c1-14-10-16(2,3)9-8-15-11(13)12-6-4-5-7-12/h4-7,10H2,1-3H3. The largest absolute Gasteiger partial charge is 0.423 e. The highest BCUT2D eigenvalue weighted by atomic mass is 28.3. The minimum absolute atomic E-state index is 0.313. The van der Waals surface area contributed by atoms with E-state index >= 15 is 0 Å². The van der Waals surface area contributed by atoms with E-state index < -0.39 is 8.07 Å². The van der Waals surface area contributed by atoms with Crippen molar-refractivity contribution in [3.63, 3.8) is 0 Å². The van der Waals surface area contributed by atoms with Gasteiger partial charge in [0.25, 0.3) is 0 Å². The molecule has 0 spiro atoms. The van der Waals surface area contributed by atoms with Gasteiger partial charge in [0.05, 0.1) is 6.23 Å². The average molecular weight is 241 g/mol. The predicted octanol–water partition coefficient (Wildman–Crippen LogP) is 1.61. The Hall–Kier alpha value is -0.993. The molecular formula is C11H19NO3Si. The van der Waals surface area contributed by atoms with Gasteiger partial charge in [0.15, 0.2) is 8.07 Å². The number of ether oxygens (including phenoxy) is 2. The highest BCUT2D eigenvalue weighted by Gasteiger charge is 2.20. The molecule has 0 aromatic rings. The topological polar surface area (TPSA) is 38.8 Å². The summed E-state index contributed by atoms with van der Waals surface area (Å²) in [6, 6.07) is 0. The van der Waals surface area contributed by atoms with Gasteiger partial charge < -0.3 is 14.4 Å². The lowest BCUT2D eigenvalue weighted by molar-refractivity contribution is 0.153. The lowest BCUT2D eigenvalue weighted by Crippen LogP contribution is -2.31. The van der Waals surface area contributed by atoms with Crippen LogP contribution in [0.25, 0.3) is 0 Å². The van der Waals surface area contributed by atoms with Crippen molar-refractivity contribution in [2.75, 3.05) is 26.4 Å². The van der Waals surface area contributed by atoms with Crippen LogP contribution in [0.3, 0.4) is 0 Å². The van der Waals surface area contributed by atoms with Crippen LogP contribution in [0.1, 0.15) is 12.8 Å². The molecule has 16 heavy (non-hydrogen) atoms. The second kappa shape index (κ2) is 5.92. The van der Waals surface area contributed by atoms with Crippen LogP contribution in [0.4, 0.5) is 4.79 Å². The Kier molecular flexibility index (Phi) is 4.84. The van der Waals surface area contributed by atoms with Crippen molar-refractivity contribution in [1.82, 2.24) is 4.90 Å². The first-order valence-electron chi connectivity index (χ1n) is 5.52. The number of amides is 1. The van der Waals surface area contributed by atoms with Gasteiger partial charge in [-0.2, -0.15) is 0 Å². The first kappa shape index (κ1) is 13.1. The van der Waals surface area contributed by atoms with Crippen LogP contribution in [0.5, 0.6) is 0 Å². The third kappa shape index (κ3) is 4.25. The fraction of sp³-hybridized carbons (Fsp3) is 0.727. The monoisotopic (exact) mass is 241 g/mol. The van der Waals surface area contributed by atoms with Crippen molar-refractivity contribution in [2.45, 2.75) is 25.9 Å². The van der Waals surface area contributed by atoms with Crippen LogP contribution >= 0.6 is 0 Å². The Morgan fingerprint density at radius 1 is 1.38 bits per heavy atom. The van der Waals surface area contributed by atoms with Gasteiger partial charge in [-0.05, 0) is 12.8 Å². The summed E-state index contributed by atoms with van der Waals surface area (Å²) >= 11 is 0. The summed E-state index contributed by atoms with van der Waals surface area (Å²) in [5.41, 5.74) is 3.01. The molecule has 0 atom stereocenters. The molecule has 4 nitrogen and oxygen atoms in total. The summed E-state index contributed by atoms with van der Waals surface area (Å²) in [5, 5.41) is 0. The molecule has 1 saturated heterocycles. The minimum Gasteiger partial charge on any atom is -0.387 e. The molecule has 0 unspecified atom stereocenters. The van der Waals surface area contributed by atoms with E-state index in [0.29, 0.717) is 6.23 Å². The number of carbonyl (C=O) groups excluding carboxylic acids is 1. The van der Waals surface area contributed by atoms with Crippen LogP contribution in [-0.4, -0.2) is 45.5 Å². The smallest absolute Gasteiger partial charge is 0.387 e. The second-order valence-electron chi connectivity index (χ2n) is 4.61. The maximum Gasteiger partial charge on any atom is 0.423 e. The number of nitrogens with zero attached hydrogens (tertiary/aromatic N) is 1. The van der Waals surface area contributed by atoms with Gasteiger partial charge in [-0.3, -0.25) is 0 Å². The van der Waals surface area contributed by atoms with E-state index in [9.17, 15) is 4.79 Å². The van der Waals surface area contributed by atoms with Crippen LogP contribution in [-0.2, 0) is 9.47 Å². The molecule has 1 fully saturated rings. The molecular weight excluding hydrogens is 222 g/mol. The number of carbonyl (C=O) groups is 1. The normalized spacial score (nSPS) is 15.6. The highest BCUT2D eigenvalue weighted by Crippen LogP contribution is 2.08. The van der Waals surface area contributed by atoms with Gasteiger partial charge >= 0.3 is 6.09 Å². The van der Waals surface area contributed by atoms with E-state index in [4.69, 9.17) is 9.47 Å². The van der Waals surface area contributed by atoms with Crippen molar-refractivity contribution in [1.29, 1.82) is 0 Å². The van der Waals surface area contributed by atoms with E-state index in [1.807, 2.05) is 0 Å². The Morgan fingerprint density at radius 3 is 2.56 bits per heavy atom. The summed E-state index contributed by atoms with van der Waals surface area (Å²) in [4.78, 5) is 13.2. The van der Waals surface area contributed by atoms with Crippen molar-refractivity contribution >= 4 is 14.2 Å². The number of methoxy groups -OCH3 is 1. The molecule has 0 aliphatic carbocycles. The second-order valence-corrected chi connectivity index (χ2v) is 8.91. The SMILES string of the molecule is COC[Si](C)(C)C#COC(=O)N1CCCC1. The average Bonchev–Trinajstić information content (AvgIpc) is 2.69. The molecule has 1 aliphatic heterocycles. The van der Waals surface area contributed by atoms with Gasteiger partial charge in [0.1, 0.15) is 6.11 Å². The van der Waals surface area contributed by atoms with Gasteiger partial charge in [0.2, 0.25) is 0 Å². The lowest BCUT2D eigenvalue weighted by atomic mass is 10.4. The van der Waals surface area contributed by atoms with E-state index in [-0.39, 0.29) is 6.09 Å². The van der Waals surface area contributed by atoms with Gasteiger partial charge in [-0.25, -0.2) is 4.79 Å². The number of likely N-dealkylation sites (tertiary alicyclic amines) is 1. The van der Waals surface area contributed by atoms with Crippen molar-refractivity contribution in [2.24, 2.45) is 0 Å². The third-order valence-electron chi connectivity index (χ3n) is 2.40.